The third-order valence-electron chi connectivity index (χ3n) is 4.70. The van der Waals surface area contributed by atoms with E-state index >= 15 is 0 Å². The van der Waals surface area contributed by atoms with Gasteiger partial charge in [0.2, 0.25) is 11.8 Å². The van der Waals surface area contributed by atoms with Gasteiger partial charge in [0.1, 0.15) is 0 Å². The van der Waals surface area contributed by atoms with Crippen molar-refractivity contribution in [1.82, 2.24) is 19.5 Å². The predicted octanol–water partition coefficient (Wildman–Crippen LogP) is 2.74. The Hall–Kier alpha value is -2.51. The Bertz CT molecular complexity index is 856. The zero-order valence-corrected chi connectivity index (χ0v) is 13.8. The summed E-state index contributed by atoms with van der Waals surface area (Å²) in [6.07, 6.45) is 1.39. The summed E-state index contributed by atoms with van der Waals surface area (Å²) in [7, 11) is 1.54. The van der Waals surface area contributed by atoms with E-state index in [1.807, 2.05) is 6.07 Å². The molecule has 2 fully saturated rings. The minimum absolute atomic E-state index is 0.115. The molecular formula is C17H18F2N4O2. The van der Waals surface area contributed by atoms with Crippen molar-refractivity contribution in [2.45, 2.75) is 31.7 Å². The second-order valence-corrected chi connectivity index (χ2v) is 6.56. The van der Waals surface area contributed by atoms with Crippen LogP contribution >= 0.6 is 0 Å². The lowest BCUT2D eigenvalue weighted by molar-refractivity contribution is -0.128. The van der Waals surface area contributed by atoms with Crippen molar-refractivity contribution in [3.63, 3.8) is 0 Å². The molecule has 3 heterocycles. The fourth-order valence-corrected chi connectivity index (χ4v) is 3.35. The number of nitrogens with zero attached hydrogens (tertiary/aromatic N) is 4. The predicted molar refractivity (Wildman–Crippen MR) is 85.3 cm³/mol. The molecule has 0 spiro atoms. The Labute approximate surface area is 143 Å². The lowest BCUT2D eigenvalue weighted by Gasteiger charge is -2.16. The molecule has 0 bridgehead atoms. The highest BCUT2D eigenvalue weighted by molar-refractivity contribution is 5.79. The van der Waals surface area contributed by atoms with E-state index < -0.39 is 12.0 Å². The van der Waals surface area contributed by atoms with Gasteiger partial charge in [-0.3, -0.25) is 4.79 Å². The van der Waals surface area contributed by atoms with Gasteiger partial charge in [0, 0.05) is 30.9 Å². The van der Waals surface area contributed by atoms with Crippen molar-refractivity contribution >= 4 is 11.6 Å². The minimum Gasteiger partial charge on any atom is -0.480 e. The van der Waals surface area contributed by atoms with Gasteiger partial charge < -0.3 is 9.64 Å². The summed E-state index contributed by atoms with van der Waals surface area (Å²) >= 11 is 0. The van der Waals surface area contributed by atoms with Gasteiger partial charge in [-0.2, -0.15) is 8.78 Å². The number of hydrogen-bond acceptors (Lipinski definition) is 4. The number of imidazole rings is 1. The normalized spacial score (nSPS) is 20.4. The molecule has 1 saturated heterocycles. The number of aromatic nitrogens is 3. The highest BCUT2D eigenvalue weighted by atomic mass is 19.3. The second kappa shape index (κ2) is 6.09. The summed E-state index contributed by atoms with van der Waals surface area (Å²) in [5.74, 6) is 0.284. The standard InChI is InChI=1S/C17H18F2N4O2/c1-25-15-5-4-14-20-17(11-2-3-11)12(23(14)21-15)9-22-8-10(6-13(18)19)7-16(22)24/h4-6,10-11H,2-3,7-9H2,1H3. The van der Waals surface area contributed by atoms with Crippen LogP contribution in [-0.4, -0.2) is 39.1 Å². The maximum atomic E-state index is 12.5. The molecule has 1 amide bonds. The Morgan fingerprint density at radius 1 is 1.40 bits per heavy atom. The lowest BCUT2D eigenvalue weighted by atomic mass is 10.1. The average Bonchev–Trinajstić information content (AvgIpc) is 3.28. The number of amides is 1. The van der Waals surface area contributed by atoms with Crippen molar-refractivity contribution in [2.24, 2.45) is 5.92 Å². The zero-order valence-electron chi connectivity index (χ0n) is 13.8. The molecule has 0 radical (unpaired) electrons. The maximum absolute atomic E-state index is 12.5. The molecule has 8 heteroatoms. The van der Waals surface area contributed by atoms with Crippen LogP contribution in [0.15, 0.2) is 24.3 Å². The van der Waals surface area contributed by atoms with Crippen molar-refractivity contribution in [3.05, 3.63) is 35.7 Å². The fraction of sp³-hybridized carbons (Fsp3) is 0.471. The fourth-order valence-electron chi connectivity index (χ4n) is 3.35. The van der Waals surface area contributed by atoms with Crippen LogP contribution in [0.1, 0.15) is 36.6 Å². The van der Waals surface area contributed by atoms with Crippen molar-refractivity contribution in [1.29, 1.82) is 0 Å². The lowest BCUT2D eigenvalue weighted by Crippen LogP contribution is -2.26. The highest BCUT2D eigenvalue weighted by Crippen LogP contribution is 2.42. The molecule has 1 unspecified atom stereocenters. The monoisotopic (exact) mass is 348 g/mol. The van der Waals surface area contributed by atoms with Gasteiger partial charge in [0.05, 0.1) is 25.0 Å². The molecule has 2 aliphatic rings. The van der Waals surface area contributed by atoms with Gasteiger partial charge >= 0.3 is 0 Å². The number of carbonyl (C=O) groups is 1. The van der Waals surface area contributed by atoms with E-state index in [0.29, 0.717) is 24.0 Å². The summed E-state index contributed by atoms with van der Waals surface area (Å²) in [5, 5.41) is 4.42. The van der Waals surface area contributed by atoms with E-state index in [-0.39, 0.29) is 18.9 Å². The first-order valence-electron chi connectivity index (χ1n) is 8.28. The summed E-state index contributed by atoms with van der Waals surface area (Å²) < 4.78 is 31.9. The molecule has 0 aromatic carbocycles. The van der Waals surface area contributed by atoms with Crippen molar-refractivity contribution in [3.8, 4) is 5.88 Å². The summed E-state index contributed by atoms with van der Waals surface area (Å²) in [5.41, 5.74) is 2.50. The van der Waals surface area contributed by atoms with Gasteiger partial charge in [-0.05, 0) is 25.0 Å². The molecule has 4 rings (SSSR count). The Balaban J connectivity index is 1.67. The molecule has 2 aromatic rings. The van der Waals surface area contributed by atoms with Gasteiger partial charge in [-0.1, -0.05) is 0 Å². The first kappa shape index (κ1) is 16.0. The molecule has 2 aromatic heterocycles. The largest absolute Gasteiger partial charge is 0.480 e. The van der Waals surface area contributed by atoms with Crippen LogP contribution in [0.3, 0.4) is 0 Å². The van der Waals surface area contributed by atoms with Crippen LogP contribution in [0.5, 0.6) is 5.88 Å². The van der Waals surface area contributed by atoms with E-state index in [1.165, 1.54) is 0 Å². The highest BCUT2D eigenvalue weighted by Gasteiger charge is 2.34. The number of methoxy groups -OCH3 is 1. The first-order valence-corrected chi connectivity index (χ1v) is 8.28. The summed E-state index contributed by atoms with van der Waals surface area (Å²) in [6, 6.07) is 3.58. The van der Waals surface area contributed by atoms with E-state index in [9.17, 15) is 13.6 Å². The van der Waals surface area contributed by atoms with Gasteiger partial charge in [0.15, 0.2) is 5.65 Å². The summed E-state index contributed by atoms with van der Waals surface area (Å²) in [6.45, 7) is 0.613. The van der Waals surface area contributed by atoms with Gasteiger partial charge in [-0.15, -0.1) is 5.10 Å². The average molecular weight is 348 g/mol. The zero-order chi connectivity index (χ0) is 17.6. The summed E-state index contributed by atoms with van der Waals surface area (Å²) in [4.78, 5) is 18.5. The molecule has 6 nitrogen and oxygen atoms in total. The van der Waals surface area contributed by atoms with Crippen LogP contribution in [0, 0.1) is 5.92 Å². The molecule has 1 aliphatic heterocycles. The Morgan fingerprint density at radius 2 is 2.20 bits per heavy atom. The topological polar surface area (TPSA) is 59.7 Å². The number of halogens is 2. The smallest absolute Gasteiger partial charge is 0.266 e. The van der Waals surface area contributed by atoms with Crippen LogP contribution < -0.4 is 4.74 Å². The molecule has 132 valence electrons. The van der Waals surface area contributed by atoms with Crippen molar-refractivity contribution in [2.75, 3.05) is 13.7 Å². The Kier molecular flexibility index (Phi) is 3.89. The molecule has 1 saturated carbocycles. The maximum Gasteiger partial charge on any atom is 0.266 e. The number of rotatable bonds is 5. The number of fused-ring (bicyclic) bond motifs is 1. The molecule has 0 N–H and O–H groups in total. The third kappa shape index (κ3) is 3.08. The van der Waals surface area contributed by atoms with E-state index in [2.05, 4.69) is 10.1 Å². The Morgan fingerprint density at radius 3 is 2.88 bits per heavy atom. The van der Waals surface area contributed by atoms with E-state index in [4.69, 9.17) is 4.74 Å². The van der Waals surface area contributed by atoms with Crippen molar-refractivity contribution < 1.29 is 18.3 Å². The van der Waals surface area contributed by atoms with Crippen LogP contribution in [0.25, 0.3) is 5.65 Å². The number of hydrogen-bond donors (Lipinski definition) is 0. The minimum atomic E-state index is -1.74. The van der Waals surface area contributed by atoms with E-state index in [0.717, 1.165) is 30.3 Å². The second-order valence-electron chi connectivity index (χ2n) is 6.56. The van der Waals surface area contributed by atoms with Gasteiger partial charge in [-0.25, -0.2) is 9.50 Å². The first-order chi connectivity index (χ1) is 12.0. The molecular weight excluding hydrogens is 330 g/mol. The quantitative estimate of drug-likeness (QED) is 0.834. The molecule has 1 atom stereocenters. The van der Waals surface area contributed by atoms with Crippen LogP contribution in [0.2, 0.25) is 0 Å². The van der Waals surface area contributed by atoms with Gasteiger partial charge in [0.25, 0.3) is 6.08 Å². The SMILES string of the molecule is COc1ccc2nc(C3CC3)c(CN3CC(C=C(F)F)CC3=O)n2n1. The number of likely N-dealkylation sites (tertiary alicyclic amines) is 1. The van der Waals surface area contributed by atoms with Crippen LogP contribution in [-0.2, 0) is 11.3 Å². The third-order valence-corrected chi connectivity index (χ3v) is 4.70. The number of ether oxygens (including phenoxy) is 1. The number of carbonyl (C=O) groups excluding carboxylic acids is 1. The molecule has 1 aliphatic carbocycles. The molecule has 25 heavy (non-hydrogen) atoms. The van der Waals surface area contributed by atoms with Crippen LogP contribution in [0.4, 0.5) is 8.78 Å². The van der Waals surface area contributed by atoms with E-state index in [1.54, 1.807) is 22.6 Å².